The Morgan fingerprint density at radius 3 is 2.38 bits per heavy atom. The lowest BCUT2D eigenvalue weighted by Crippen LogP contribution is -2.48. The van der Waals surface area contributed by atoms with Gasteiger partial charge in [0, 0.05) is 49.3 Å². The van der Waals surface area contributed by atoms with Crippen LogP contribution in [0.3, 0.4) is 0 Å². The molecule has 0 saturated carbocycles. The van der Waals surface area contributed by atoms with E-state index in [4.69, 9.17) is 21.6 Å². The smallest absolute Gasteiger partial charge is 0.423 e. The van der Waals surface area contributed by atoms with Crippen LogP contribution in [-0.2, 0) is 6.54 Å². The molecule has 1 aliphatic rings. The van der Waals surface area contributed by atoms with E-state index in [0.29, 0.717) is 23.2 Å². The number of piperazine rings is 1. The largest absolute Gasteiger partial charge is 0.491 e. The van der Waals surface area contributed by atoms with Gasteiger partial charge in [-0.25, -0.2) is 4.39 Å². The van der Waals surface area contributed by atoms with Crippen molar-refractivity contribution in [1.29, 1.82) is 0 Å². The molecular weight excluding hydrogens is 293 g/mol. The molecule has 1 fully saturated rings. The summed E-state index contributed by atoms with van der Waals surface area (Å²) < 4.78 is 13.8. The second-order valence-corrected chi connectivity index (χ2v) is 6.15. The molecule has 0 bridgehead atoms. The van der Waals surface area contributed by atoms with Gasteiger partial charge in [-0.2, -0.15) is 0 Å². The molecule has 1 aliphatic heterocycles. The Hall–Kier alpha value is -0.655. The van der Waals surface area contributed by atoms with E-state index < -0.39 is 12.9 Å². The molecule has 0 unspecified atom stereocenters. The van der Waals surface area contributed by atoms with Crippen LogP contribution in [0.4, 0.5) is 4.39 Å². The van der Waals surface area contributed by atoms with Gasteiger partial charge >= 0.3 is 7.12 Å². The third kappa shape index (κ3) is 4.17. The standard InChI is InChI=1S/C14H21BClFN2O2/c1-10(2)19-5-3-18(4-6-19)9-11-7-14(17)12(15(20)21)8-13(11)16/h7-8,10,20-21H,3-6,9H2,1-2H3. The van der Waals surface area contributed by atoms with Gasteiger partial charge in [-0.05, 0) is 31.5 Å². The van der Waals surface area contributed by atoms with Gasteiger partial charge in [0.1, 0.15) is 5.82 Å². The van der Waals surface area contributed by atoms with Crippen LogP contribution in [0.15, 0.2) is 12.1 Å². The zero-order valence-corrected chi connectivity index (χ0v) is 13.1. The SMILES string of the molecule is CC(C)N1CCN(Cc2cc(F)c(B(O)O)cc2Cl)CC1. The van der Waals surface area contributed by atoms with Gasteiger partial charge in [-0.1, -0.05) is 11.6 Å². The molecular formula is C14H21BClFN2O2. The van der Waals surface area contributed by atoms with E-state index in [9.17, 15) is 4.39 Å². The number of halogens is 2. The highest BCUT2D eigenvalue weighted by molar-refractivity contribution is 6.59. The first-order chi connectivity index (χ1) is 9.88. The quantitative estimate of drug-likeness (QED) is 0.803. The first-order valence-electron chi connectivity index (χ1n) is 7.19. The maximum Gasteiger partial charge on any atom is 0.491 e. The molecule has 1 saturated heterocycles. The molecule has 7 heteroatoms. The summed E-state index contributed by atoms with van der Waals surface area (Å²) in [7, 11) is -1.84. The minimum Gasteiger partial charge on any atom is -0.423 e. The topological polar surface area (TPSA) is 46.9 Å². The van der Waals surface area contributed by atoms with Gasteiger partial charge in [0.25, 0.3) is 0 Å². The number of hydrogen-bond donors (Lipinski definition) is 2. The molecule has 2 rings (SSSR count). The summed E-state index contributed by atoms with van der Waals surface area (Å²) >= 11 is 6.12. The van der Waals surface area contributed by atoms with Gasteiger partial charge in [-0.3, -0.25) is 9.80 Å². The molecule has 21 heavy (non-hydrogen) atoms. The lowest BCUT2D eigenvalue weighted by molar-refractivity contribution is 0.104. The van der Waals surface area contributed by atoms with Crippen LogP contribution in [0.1, 0.15) is 19.4 Å². The second-order valence-electron chi connectivity index (χ2n) is 5.74. The minimum atomic E-state index is -1.84. The van der Waals surface area contributed by atoms with Crippen molar-refractivity contribution in [3.05, 3.63) is 28.5 Å². The third-order valence-corrected chi connectivity index (χ3v) is 4.33. The normalized spacial score (nSPS) is 17.5. The number of rotatable bonds is 4. The van der Waals surface area contributed by atoms with Crippen molar-refractivity contribution in [2.45, 2.75) is 26.4 Å². The van der Waals surface area contributed by atoms with Crippen molar-refractivity contribution in [2.24, 2.45) is 0 Å². The summed E-state index contributed by atoms with van der Waals surface area (Å²) in [5.41, 5.74) is 0.491. The molecule has 116 valence electrons. The molecule has 2 N–H and O–H groups in total. The summed E-state index contributed by atoms with van der Waals surface area (Å²) in [6, 6.07) is 3.13. The summed E-state index contributed by atoms with van der Waals surface area (Å²) in [6.07, 6.45) is 0. The molecule has 0 aliphatic carbocycles. The summed E-state index contributed by atoms with van der Waals surface area (Å²) in [5.74, 6) is -0.634. The van der Waals surface area contributed by atoms with Crippen LogP contribution in [0.25, 0.3) is 0 Å². The van der Waals surface area contributed by atoms with Crippen molar-refractivity contribution < 1.29 is 14.4 Å². The van der Waals surface area contributed by atoms with Crippen molar-refractivity contribution >= 4 is 24.2 Å². The van der Waals surface area contributed by atoms with E-state index >= 15 is 0 Å². The second kappa shape index (κ2) is 7.07. The minimum absolute atomic E-state index is 0.187. The first-order valence-corrected chi connectivity index (χ1v) is 7.56. The van der Waals surface area contributed by atoms with Crippen molar-refractivity contribution in [2.75, 3.05) is 26.2 Å². The summed E-state index contributed by atoms with van der Waals surface area (Å²) in [4.78, 5) is 4.64. The van der Waals surface area contributed by atoms with Crippen LogP contribution in [-0.4, -0.2) is 59.2 Å². The average Bonchev–Trinajstić information content (AvgIpc) is 2.42. The molecule has 4 nitrogen and oxygen atoms in total. The van der Waals surface area contributed by atoms with Gasteiger partial charge in [0.2, 0.25) is 0 Å². The van der Waals surface area contributed by atoms with E-state index in [1.165, 1.54) is 12.1 Å². The van der Waals surface area contributed by atoms with Gasteiger partial charge < -0.3 is 10.0 Å². The number of benzene rings is 1. The highest BCUT2D eigenvalue weighted by atomic mass is 35.5. The number of hydrogen-bond acceptors (Lipinski definition) is 4. The highest BCUT2D eigenvalue weighted by Crippen LogP contribution is 2.19. The third-order valence-electron chi connectivity index (χ3n) is 3.98. The fraction of sp³-hybridized carbons (Fsp3) is 0.571. The lowest BCUT2D eigenvalue weighted by Gasteiger charge is -2.37. The Bertz CT molecular complexity index is 494. The molecule has 1 heterocycles. The van der Waals surface area contributed by atoms with Gasteiger partial charge in [0.15, 0.2) is 0 Å². The van der Waals surface area contributed by atoms with Crippen LogP contribution in [0.5, 0.6) is 0 Å². The van der Waals surface area contributed by atoms with Crippen molar-refractivity contribution in [3.63, 3.8) is 0 Å². The first kappa shape index (κ1) is 16.7. The van der Waals surface area contributed by atoms with E-state index in [1.807, 2.05) is 0 Å². The van der Waals surface area contributed by atoms with E-state index in [0.717, 1.165) is 26.2 Å². The van der Waals surface area contributed by atoms with Crippen LogP contribution in [0.2, 0.25) is 5.02 Å². The molecule has 0 aromatic heterocycles. The lowest BCUT2D eigenvalue weighted by atomic mass is 9.79. The van der Waals surface area contributed by atoms with Crippen LogP contribution >= 0.6 is 11.6 Å². The zero-order chi connectivity index (χ0) is 15.6. The molecule has 0 atom stereocenters. The van der Waals surface area contributed by atoms with E-state index in [1.54, 1.807) is 0 Å². The average molecular weight is 315 g/mol. The molecule has 0 spiro atoms. The fourth-order valence-electron chi connectivity index (χ4n) is 2.60. The van der Waals surface area contributed by atoms with Crippen LogP contribution < -0.4 is 5.46 Å². The van der Waals surface area contributed by atoms with Crippen LogP contribution in [0, 0.1) is 5.82 Å². The monoisotopic (exact) mass is 314 g/mol. The van der Waals surface area contributed by atoms with Crippen molar-refractivity contribution in [1.82, 2.24) is 9.80 Å². The predicted octanol–water partition coefficient (Wildman–Crippen LogP) is 0.685. The fourth-order valence-corrected chi connectivity index (χ4v) is 2.83. The van der Waals surface area contributed by atoms with E-state index in [-0.39, 0.29) is 5.46 Å². The highest BCUT2D eigenvalue weighted by Gasteiger charge is 2.22. The zero-order valence-electron chi connectivity index (χ0n) is 12.4. The molecule has 0 radical (unpaired) electrons. The van der Waals surface area contributed by atoms with Gasteiger partial charge in [-0.15, -0.1) is 0 Å². The Morgan fingerprint density at radius 1 is 1.24 bits per heavy atom. The van der Waals surface area contributed by atoms with Crippen molar-refractivity contribution in [3.8, 4) is 0 Å². The van der Waals surface area contributed by atoms with Gasteiger partial charge in [0.05, 0.1) is 0 Å². The molecule has 1 aromatic rings. The Kier molecular flexibility index (Phi) is 5.63. The Balaban J connectivity index is 2.03. The molecule has 0 amide bonds. The summed E-state index contributed by atoms with van der Waals surface area (Å²) in [6.45, 7) is 8.75. The van der Waals surface area contributed by atoms with E-state index in [2.05, 4.69) is 23.6 Å². The maximum atomic E-state index is 13.8. The Labute approximate surface area is 130 Å². The maximum absolute atomic E-state index is 13.8. The summed E-state index contributed by atoms with van der Waals surface area (Å²) in [5, 5.41) is 18.5. The number of nitrogens with zero attached hydrogens (tertiary/aromatic N) is 2. The predicted molar refractivity (Wildman–Crippen MR) is 83.2 cm³/mol. The molecule has 1 aromatic carbocycles. The Morgan fingerprint density at radius 2 is 1.86 bits per heavy atom.